The fourth-order valence-electron chi connectivity index (χ4n) is 10.3. The molecule has 0 saturated heterocycles. The van der Waals surface area contributed by atoms with Crippen molar-refractivity contribution in [3.63, 3.8) is 0 Å². The number of hydrogen-bond acceptors (Lipinski definition) is 23. The Labute approximate surface area is 772 Å². The molecule has 12 N–H and O–H groups in total. The maximum atomic E-state index is 12.4. The Morgan fingerprint density at radius 1 is 0.361 bits per heavy atom. The maximum absolute atomic E-state index is 12.4. The number of aromatic hydroxyl groups is 2. The second-order valence-electron chi connectivity index (χ2n) is 26.5. The van der Waals surface area contributed by atoms with Crippen molar-refractivity contribution in [1.29, 1.82) is 0 Å². The average Bonchev–Trinajstić information content (AvgIpc) is 1.73. The third kappa shape index (κ3) is 42.4. The normalized spacial score (nSPS) is 11.3. The van der Waals surface area contributed by atoms with Gasteiger partial charge >= 0.3 is 41.8 Å². The largest absolute Gasteiger partial charge is 0.508 e. The Kier molecular flexibility index (Phi) is 43.3. The number of carbonyl (C=O) groups excluding carboxylic acids is 5. The molecular weight excluding hydrogens is 1770 g/mol. The molecule has 3 amide bonds. The summed E-state index contributed by atoms with van der Waals surface area (Å²) >= 11 is 4.69. The lowest BCUT2D eigenvalue weighted by Crippen LogP contribution is -2.08. The maximum Gasteiger partial charge on any atom is 0.328 e. The van der Waals surface area contributed by atoms with Crippen LogP contribution < -0.4 is 34.9 Å². The van der Waals surface area contributed by atoms with E-state index in [1.54, 1.807) is 223 Å². The van der Waals surface area contributed by atoms with Gasteiger partial charge in [-0.3, -0.25) is 33.9 Å². The lowest BCUT2D eigenvalue weighted by molar-refractivity contribution is -0.132. The molecule has 0 bridgehead atoms. The summed E-state index contributed by atoms with van der Waals surface area (Å²) in [5.74, 6) is -5.48. The van der Waals surface area contributed by atoms with E-state index in [1.165, 1.54) is 70.9 Å². The summed E-state index contributed by atoms with van der Waals surface area (Å²) in [4.78, 5) is 142. The molecule has 133 heavy (non-hydrogen) atoms. The number of benzene rings is 7. The lowest BCUT2D eigenvalue weighted by Gasteiger charge is -2.04. The van der Waals surface area contributed by atoms with Crippen LogP contribution in [0.2, 0.25) is 0 Å². The number of carbonyl (C=O) groups is 12. The summed E-state index contributed by atoms with van der Waals surface area (Å²) in [6, 6.07) is 60.5. The van der Waals surface area contributed by atoms with E-state index in [4.69, 9.17) is 54.7 Å². The number of carboxylic acids is 7. The van der Waals surface area contributed by atoms with Crippen LogP contribution in [0.3, 0.4) is 0 Å². The smallest absolute Gasteiger partial charge is 0.328 e. The van der Waals surface area contributed by atoms with E-state index in [-0.39, 0.29) is 54.9 Å². The molecule has 33 heteroatoms. The fourth-order valence-corrected chi connectivity index (χ4v) is 12.3. The topological polar surface area (TPSA) is 486 Å². The molecule has 0 atom stereocenters. The monoisotopic (exact) mass is 1850 g/mol. The van der Waals surface area contributed by atoms with Crippen molar-refractivity contribution in [2.75, 3.05) is 29.5 Å². The van der Waals surface area contributed by atoms with E-state index < -0.39 is 47.7 Å². The molecule has 0 radical (unpaired) electrons. The number of aromatic nitrogens is 2. The number of carboxylic acid groups (broad SMARTS) is 7. The highest BCUT2D eigenvalue weighted by molar-refractivity contribution is 7.12. The fraction of sp³-hybridized carbons (Fsp3) is 0.0400. The van der Waals surface area contributed by atoms with E-state index in [2.05, 4.69) is 25.9 Å². The summed E-state index contributed by atoms with van der Waals surface area (Å²) in [6.07, 6.45) is 33.4. The highest BCUT2D eigenvalue weighted by atomic mass is 32.1. The van der Waals surface area contributed by atoms with Crippen molar-refractivity contribution in [2.24, 2.45) is 0 Å². The molecule has 2 aliphatic heterocycles. The van der Waals surface area contributed by atoms with Gasteiger partial charge in [0.05, 0.1) is 5.56 Å². The Hall–Kier alpha value is -17.8. The predicted molar refractivity (Wildman–Crippen MR) is 509 cm³/mol. The zero-order chi connectivity index (χ0) is 96.1. The van der Waals surface area contributed by atoms with Crippen molar-refractivity contribution < 1.29 is 122 Å². The first kappa shape index (κ1) is 102. The number of allylic oxidation sites excluding steroid dienone is 1. The Morgan fingerprint density at radius 2 is 0.835 bits per heavy atom. The number of nitrogens with zero attached hydrogens (tertiary/aromatic N) is 2. The Morgan fingerprint density at radius 3 is 1.33 bits per heavy atom. The number of aliphatic carboxylic acids is 7. The number of nitrogens with one attached hydrogen (secondary N) is 3. The summed E-state index contributed by atoms with van der Waals surface area (Å²) in [7, 11) is 0. The van der Waals surface area contributed by atoms with E-state index in [0.717, 1.165) is 97.3 Å². The van der Waals surface area contributed by atoms with Gasteiger partial charge in [0.1, 0.15) is 11.5 Å². The van der Waals surface area contributed by atoms with Crippen molar-refractivity contribution >= 4 is 177 Å². The van der Waals surface area contributed by atoms with Gasteiger partial charge in [0.15, 0.2) is 34.6 Å². The molecule has 0 aliphatic carbocycles. The molecule has 5 aromatic heterocycles. The predicted octanol–water partition coefficient (Wildman–Crippen LogP) is 18.4. The van der Waals surface area contributed by atoms with E-state index in [0.29, 0.717) is 56.8 Å². The standard InChI is InChI=1S/C24H19NO4S.C17H14O4.C16H13NO4.C13H11NO5.2C8H7NO2.2C7H6O2S/c1-16-5-8-20(30-16)9-10-21(26)18-3-2-4-19(14-18)25-24(27)12-7-17-6-11-22-23(13-17)29-15-28-22;18-15-4-2-1-3-14(15)16(19)11-13-7-5-12(6-8-13)9-10-17(20)21;18-13-5-3-12(4-6-13)17-16(19)8-2-11-1-7-14-15(9-11)21-10-20-14;15-11(6-8-13(18)19)14-10-4-1-9(2-5-10)3-7-12(16)17;10-8(11)2-1-7-3-5-9-6-4-7;10-8(11)4-3-7-2-1-5-9-6-7;8-7(9)2-1-6-3-4-10-5-6;8-7(9)4-3-6-2-1-5-10-6/h2-14H,15H2,1H3,(H,25,27);1-10,18H,11H2,(H,20,21);1-9,18H,10H2,(H,17,19);1-8H,(H,14,15)(H,16,17)(H,18,19);2*1-6H,(H,10,11);2*1-5H,(H,8,9)/b10-9+,12-7+;10-9+;8-2+;7-3+,8-6+;2-1+;4-3+;2-1+;4-3+. The third-order valence-electron chi connectivity index (χ3n) is 16.4. The van der Waals surface area contributed by atoms with Gasteiger partial charge in [-0.2, -0.15) is 11.3 Å². The second-order valence-corrected chi connectivity index (χ2v) is 29.5. The van der Waals surface area contributed by atoms with Crippen molar-refractivity contribution in [3.8, 4) is 34.5 Å². The quantitative estimate of drug-likeness (QED) is 0.0129. The van der Waals surface area contributed by atoms with Gasteiger partial charge in [0, 0.05) is 129 Å². The van der Waals surface area contributed by atoms with Crippen LogP contribution in [0.1, 0.15) is 79.9 Å². The molecule has 676 valence electrons. The average molecular weight is 1850 g/mol. The van der Waals surface area contributed by atoms with Crippen LogP contribution >= 0.6 is 34.0 Å². The molecule has 0 fully saturated rings. The number of anilines is 3. The molecule has 30 nitrogen and oxygen atoms in total. The lowest BCUT2D eigenvalue weighted by atomic mass is 10.0. The van der Waals surface area contributed by atoms with Gasteiger partial charge in [-0.25, -0.2) is 33.6 Å². The van der Waals surface area contributed by atoms with E-state index in [9.17, 15) is 67.7 Å². The number of rotatable bonds is 27. The molecule has 0 spiro atoms. The van der Waals surface area contributed by atoms with Crippen molar-refractivity contribution in [2.45, 2.75) is 13.3 Å². The molecule has 7 heterocycles. The number of phenolic OH excluding ortho intramolecular Hbond substituents is 2. The molecule has 7 aromatic carbocycles. The highest BCUT2D eigenvalue weighted by Gasteiger charge is 2.16. The second kappa shape index (κ2) is 56.3. The van der Waals surface area contributed by atoms with Crippen LogP contribution in [0.15, 0.2) is 320 Å². The molecule has 12 aromatic rings. The minimum Gasteiger partial charge on any atom is -0.508 e. The molecule has 0 unspecified atom stereocenters. The van der Waals surface area contributed by atoms with Gasteiger partial charge in [0.2, 0.25) is 31.3 Å². The number of Topliss-reactive ketones (excluding diaryl/α,β-unsaturated/α-hetero) is 1. The third-order valence-corrected chi connectivity index (χ3v) is 18.9. The van der Waals surface area contributed by atoms with E-state index in [1.807, 2.05) is 77.7 Å². The Balaban J connectivity index is 0.000000214. The van der Waals surface area contributed by atoms with Gasteiger partial charge in [-0.15, -0.1) is 22.7 Å². The van der Waals surface area contributed by atoms with Gasteiger partial charge in [-0.05, 0) is 256 Å². The van der Waals surface area contributed by atoms with E-state index >= 15 is 0 Å². The van der Waals surface area contributed by atoms with Crippen molar-refractivity contribution in [3.05, 3.63) is 390 Å². The van der Waals surface area contributed by atoms with Crippen LogP contribution in [-0.4, -0.2) is 141 Å². The van der Waals surface area contributed by atoms with Crippen molar-refractivity contribution in [1.82, 2.24) is 9.97 Å². The number of aryl methyl sites for hydroxylation is 1. The van der Waals surface area contributed by atoms with Gasteiger partial charge in [0.25, 0.3) is 0 Å². The molecular formula is C100H83N5O25S3. The number of thiophene rings is 3. The highest BCUT2D eigenvalue weighted by Crippen LogP contribution is 2.34. The van der Waals surface area contributed by atoms with Crippen LogP contribution in [0, 0.1) is 6.92 Å². The number of pyridine rings is 2. The molecule has 14 rings (SSSR count). The first-order valence-corrected chi connectivity index (χ1v) is 41.6. The number of hydrogen-bond donors (Lipinski definition) is 12. The van der Waals surface area contributed by atoms with Crippen LogP contribution in [0.25, 0.3) is 54.7 Å². The van der Waals surface area contributed by atoms with Gasteiger partial charge < -0.3 is 80.9 Å². The number of fused-ring (bicyclic) bond motifs is 2. The number of para-hydroxylation sites is 1. The minimum atomic E-state index is -1.20. The first-order chi connectivity index (χ1) is 63.9. The van der Waals surface area contributed by atoms with Crippen LogP contribution in [-0.2, 0) is 54.4 Å². The zero-order valence-electron chi connectivity index (χ0n) is 70.1. The number of ketones is 2. The summed E-state index contributed by atoms with van der Waals surface area (Å²) in [5, 5.41) is 90.8. The Bertz CT molecular complexity index is 6140. The number of ether oxygens (including phenoxy) is 4. The SMILES string of the molecule is Cc1ccc(/C=C/C(=O)c2cccc(NC(=O)/C=C/c3ccc4c(c3)OCO4)c2)s1.O=C(/C=C/c1ccc2c(c1)OCO2)Nc1ccc(O)cc1.O=C(O)/C=C/C(=O)Nc1ccc(/C=C/C(=O)O)cc1.O=C(O)/C=C/c1ccc(CC(=O)c2ccccc2O)cc1.O=C(O)/C=C/c1cccnc1.O=C(O)/C=C/c1cccs1.O=C(O)/C=C/c1ccncc1.O=C(O)/C=C/c1ccsc1. The molecule has 0 saturated carbocycles. The summed E-state index contributed by atoms with van der Waals surface area (Å²) < 4.78 is 21.1. The van der Waals surface area contributed by atoms with Gasteiger partial charge in [-0.1, -0.05) is 84.9 Å². The minimum absolute atomic E-state index is 0.0245. The summed E-state index contributed by atoms with van der Waals surface area (Å²) in [5.41, 5.74) is 8.91. The van der Waals surface area contributed by atoms with Crippen LogP contribution in [0.5, 0.6) is 34.5 Å². The van der Waals surface area contributed by atoms with Crippen LogP contribution in [0.4, 0.5) is 17.1 Å². The first-order valence-electron chi connectivity index (χ1n) is 39.0. The zero-order valence-corrected chi connectivity index (χ0v) is 72.5. The summed E-state index contributed by atoms with van der Waals surface area (Å²) in [6.45, 7) is 2.46. The molecule has 2 aliphatic rings. The number of phenols is 2. The number of amides is 3.